The number of hydrogen-bond donors (Lipinski definition) is 1. The highest BCUT2D eigenvalue weighted by Gasteiger charge is 2.16. The second kappa shape index (κ2) is 6.03. The molecule has 2 aromatic heterocycles. The smallest absolute Gasteiger partial charge is 0.277 e. The van der Waals surface area contributed by atoms with E-state index in [-0.39, 0.29) is 6.10 Å². The minimum atomic E-state index is -0.172. The van der Waals surface area contributed by atoms with Crippen molar-refractivity contribution in [2.45, 2.75) is 26.4 Å². The maximum atomic E-state index is 5.48. The van der Waals surface area contributed by atoms with Crippen LogP contribution in [0, 0.1) is 0 Å². The molecule has 1 unspecified atom stereocenters. The molecule has 0 spiro atoms. The number of rotatable bonds is 6. The zero-order valence-corrected chi connectivity index (χ0v) is 11.2. The fourth-order valence-electron chi connectivity index (χ4n) is 1.48. The lowest BCUT2D eigenvalue weighted by atomic mass is 10.4. The van der Waals surface area contributed by atoms with Gasteiger partial charge in [-0.3, -0.25) is 0 Å². The second-order valence-electron chi connectivity index (χ2n) is 3.72. The summed E-state index contributed by atoms with van der Waals surface area (Å²) in [6, 6.07) is 0. The molecule has 0 aromatic carbocycles. The van der Waals surface area contributed by atoms with Gasteiger partial charge in [-0.05, 0) is 20.4 Å². The van der Waals surface area contributed by atoms with Crippen LogP contribution in [0.15, 0.2) is 9.90 Å². The van der Waals surface area contributed by atoms with Gasteiger partial charge in [-0.15, -0.1) is 11.3 Å². The Hall–Kier alpha value is -1.31. The number of aromatic nitrogens is 3. The molecule has 0 saturated heterocycles. The zero-order valence-electron chi connectivity index (χ0n) is 10.4. The maximum Gasteiger partial charge on any atom is 0.277 e. The lowest BCUT2D eigenvalue weighted by molar-refractivity contribution is 0.0683. The Balaban J connectivity index is 2.13. The van der Waals surface area contributed by atoms with Crippen LogP contribution in [-0.2, 0) is 11.2 Å². The molecule has 6 nitrogen and oxygen atoms in total. The van der Waals surface area contributed by atoms with Crippen molar-refractivity contribution in [3.63, 3.8) is 0 Å². The van der Waals surface area contributed by atoms with Gasteiger partial charge in [0, 0.05) is 18.4 Å². The molecule has 0 amide bonds. The number of thiazole rings is 1. The SMILES string of the molecule is CCOC(C)c1noc(-c2csc(CCN)n2)n1. The first-order chi connectivity index (χ1) is 8.74. The molecule has 18 heavy (non-hydrogen) atoms. The van der Waals surface area contributed by atoms with Gasteiger partial charge in [0.2, 0.25) is 5.82 Å². The van der Waals surface area contributed by atoms with E-state index in [2.05, 4.69) is 15.1 Å². The monoisotopic (exact) mass is 268 g/mol. The van der Waals surface area contributed by atoms with Crippen molar-refractivity contribution in [1.82, 2.24) is 15.1 Å². The fraction of sp³-hybridized carbons (Fsp3) is 0.545. The summed E-state index contributed by atoms with van der Waals surface area (Å²) in [5, 5.41) is 6.77. The van der Waals surface area contributed by atoms with Crippen LogP contribution in [0.25, 0.3) is 11.6 Å². The molecule has 0 radical (unpaired) electrons. The Kier molecular flexibility index (Phi) is 4.40. The minimum Gasteiger partial charge on any atom is -0.371 e. The van der Waals surface area contributed by atoms with E-state index in [1.165, 1.54) is 0 Å². The van der Waals surface area contributed by atoms with E-state index >= 15 is 0 Å². The molecule has 2 aromatic rings. The average molecular weight is 268 g/mol. The van der Waals surface area contributed by atoms with Crippen molar-refractivity contribution in [1.29, 1.82) is 0 Å². The van der Waals surface area contributed by atoms with Crippen molar-refractivity contribution in [3.8, 4) is 11.6 Å². The molecule has 0 fully saturated rings. The Morgan fingerprint density at radius 2 is 2.33 bits per heavy atom. The number of hydrogen-bond acceptors (Lipinski definition) is 7. The first kappa shape index (κ1) is 13.1. The number of nitrogens with zero attached hydrogens (tertiary/aromatic N) is 3. The quantitative estimate of drug-likeness (QED) is 0.859. The van der Waals surface area contributed by atoms with Crippen molar-refractivity contribution in [3.05, 3.63) is 16.2 Å². The van der Waals surface area contributed by atoms with Gasteiger partial charge in [0.05, 0.1) is 5.01 Å². The van der Waals surface area contributed by atoms with Crippen molar-refractivity contribution in [2.75, 3.05) is 13.2 Å². The molecular weight excluding hydrogens is 252 g/mol. The number of nitrogens with two attached hydrogens (primary N) is 1. The first-order valence-corrected chi connectivity index (χ1v) is 6.72. The van der Waals surface area contributed by atoms with Gasteiger partial charge < -0.3 is 15.0 Å². The average Bonchev–Trinajstić information content (AvgIpc) is 2.97. The van der Waals surface area contributed by atoms with Gasteiger partial charge in [-0.1, -0.05) is 5.16 Å². The molecule has 7 heteroatoms. The van der Waals surface area contributed by atoms with E-state index in [1.807, 2.05) is 19.2 Å². The predicted octanol–water partition coefficient (Wildman–Crippen LogP) is 1.79. The molecular formula is C11H16N4O2S. The van der Waals surface area contributed by atoms with Crippen LogP contribution in [0.1, 0.15) is 30.8 Å². The van der Waals surface area contributed by atoms with E-state index in [9.17, 15) is 0 Å². The lowest BCUT2D eigenvalue weighted by Gasteiger charge is -2.04. The fourth-order valence-corrected chi connectivity index (χ4v) is 2.26. The summed E-state index contributed by atoms with van der Waals surface area (Å²) in [5.74, 6) is 0.969. The van der Waals surface area contributed by atoms with Gasteiger partial charge in [-0.2, -0.15) is 4.98 Å². The third kappa shape index (κ3) is 2.92. The minimum absolute atomic E-state index is 0.172. The highest BCUT2D eigenvalue weighted by molar-refractivity contribution is 7.09. The summed E-state index contributed by atoms with van der Waals surface area (Å²) in [5.41, 5.74) is 6.18. The second-order valence-corrected chi connectivity index (χ2v) is 4.66. The Morgan fingerprint density at radius 1 is 1.50 bits per heavy atom. The summed E-state index contributed by atoms with van der Waals surface area (Å²) in [7, 11) is 0. The summed E-state index contributed by atoms with van der Waals surface area (Å²) in [4.78, 5) is 8.67. The van der Waals surface area contributed by atoms with E-state index < -0.39 is 0 Å². The molecule has 0 bridgehead atoms. The van der Waals surface area contributed by atoms with E-state index in [0.29, 0.717) is 30.6 Å². The molecule has 0 saturated carbocycles. The molecule has 0 aliphatic carbocycles. The molecule has 0 aliphatic rings. The van der Waals surface area contributed by atoms with Crippen LogP contribution < -0.4 is 5.73 Å². The van der Waals surface area contributed by atoms with Crippen LogP contribution in [-0.4, -0.2) is 28.3 Å². The predicted molar refractivity (Wildman–Crippen MR) is 68.2 cm³/mol. The first-order valence-electron chi connectivity index (χ1n) is 5.84. The van der Waals surface area contributed by atoms with Crippen LogP contribution in [0.4, 0.5) is 0 Å². The van der Waals surface area contributed by atoms with E-state index in [4.69, 9.17) is 15.0 Å². The number of ether oxygens (including phenoxy) is 1. The topological polar surface area (TPSA) is 87.1 Å². The van der Waals surface area contributed by atoms with Crippen LogP contribution >= 0.6 is 11.3 Å². The molecule has 0 aliphatic heterocycles. The molecule has 98 valence electrons. The standard InChI is InChI=1S/C11H16N4O2S/c1-3-16-7(2)10-14-11(17-15-10)8-6-18-9(13-8)4-5-12/h6-7H,3-5,12H2,1-2H3. The third-order valence-electron chi connectivity index (χ3n) is 2.35. The van der Waals surface area contributed by atoms with Gasteiger partial charge in [0.1, 0.15) is 11.8 Å². The Bertz CT molecular complexity index is 497. The summed E-state index contributed by atoms with van der Waals surface area (Å²) in [6.45, 7) is 5.02. The van der Waals surface area contributed by atoms with Crippen molar-refractivity contribution < 1.29 is 9.26 Å². The molecule has 1 atom stereocenters. The normalized spacial score (nSPS) is 12.8. The Morgan fingerprint density at radius 3 is 3.06 bits per heavy atom. The van der Waals surface area contributed by atoms with Crippen LogP contribution in [0.2, 0.25) is 0 Å². The van der Waals surface area contributed by atoms with Crippen molar-refractivity contribution in [2.24, 2.45) is 5.73 Å². The van der Waals surface area contributed by atoms with Crippen molar-refractivity contribution >= 4 is 11.3 Å². The summed E-state index contributed by atoms with van der Waals surface area (Å²) in [6.07, 6.45) is 0.593. The largest absolute Gasteiger partial charge is 0.371 e. The zero-order chi connectivity index (χ0) is 13.0. The maximum absolute atomic E-state index is 5.48. The lowest BCUT2D eigenvalue weighted by Crippen LogP contribution is -2.02. The third-order valence-corrected chi connectivity index (χ3v) is 3.26. The van der Waals surface area contributed by atoms with Crippen LogP contribution in [0.5, 0.6) is 0 Å². The summed E-state index contributed by atoms with van der Waals surface area (Å²) >= 11 is 1.55. The van der Waals surface area contributed by atoms with Gasteiger partial charge >= 0.3 is 0 Å². The van der Waals surface area contributed by atoms with Gasteiger partial charge in [0.15, 0.2) is 0 Å². The van der Waals surface area contributed by atoms with E-state index in [1.54, 1.807) is 11.3 Å². The van der Waals surface area contributed by atoms with Gasteiger partial charge in [0.25, 0.3) is 5.89 Å². The molecule has 2 heterocycles. The van der Waals surface area contributed by atoms with Gasteiger partial charge in [-0.25, -0.2) is 4.98 Å². The Labute approximate surface area is 109 Å². The summed E-state index contributed by atoms with van der Waals surface area (Å²) < 4.78 is 10.6. The molecule has 2 N–H and O–H groups in total. The van der Waals surface area contributed by atoms with Crippen LogP contribution in [0.3, 0.4) is 0 Å². The van der Waals surface area contributed by atoms with E-state index in [0.717, 1.165) is 11.4 Å². The molecule has 2 rings (SSSR count). The highest BCUT2D eigenvalue weighted by atomic mass is 32.1. The highest BCUT2D eigenvalue weighted by Crippen LogP contribution is 2.22.